The molecule has 1 atom stereocenters. The fraction of sp³-hybridized carbons (Fsp3) is 0.429. The highest BCUT2D eigenvalue weighted by molar-refractivity contribution is 6.41. The van der Waals surface area contributed by atoms with Crippen LogP contribution in [0.4, 0.5) is 0 Å². The molecule has 1 unspecified atom stereocenters. The highest BCUT2D eigenvalue weighted by Crippen LogP contribution is 2.05. The Balaban J connectivity index is 2.28. The molecule has 0 aliphatic heterocycles. The fourth-order valence-electron chi connectivity index (χ4n) is 1.32. The monoisotopic (exact) mass is 284 g/mol. The van der Waals surface area contributed by atoms with Crippen LogP contribution in [-0.2, 0) is 25.7 Å². The Kier molecular flexibility index (Phi) is 7.15. The van der Waals surface area contributed by atoms with Crippen molar-refractivity contribution in [1.29, 1.82) is 0 Å². The summed E-state index contributed by atoms with van der Waals surface area (Å²) >= 11 is 5.70. The van der Waals surface area contributed by atoms with Gasteiger partial charge in [0.25, 0.3) is 0 Å². The maximum Gasteiger partial charge on any atom is 0.331 e. The molecule has 0 amide bonds. The van der Waals surface area contributed by atoms with Crippen LogP contribution < -0.4 is 0 Å². The van der Waals surface area contributed by atoms with E-state index in [-0.39, 0.29) is 13.2 Å². The van der Waals surface area contributed by atoms with Gasteiger partial charge in [0, 0.05) is 0 Å². The Labute approximate surface area is 117 Å². The molecule has 1 aromatic rings. The molecule has 1 aromatic carbocycles. The second kappa shape index (κ2) is 8.67. The lowest BCUT2D eigenvalue weighted by Gasteiger charge is -2.09. The van der Waals surface area contributed by atoms with Crippen molar-refractivity contribution in [2.45, 2.75) is 25.3 Å². The molecule has 1 rings (SSSR count). The number of hydrogen-bond donors (Lipinski definition) is 0. The van der Waals surface area contributed by atoms with Crippen LogP contribution in [0, 0.1) is 0 Å². The van der Waals surface area contributed by atoms with E-state index >= 15 is 0 Å². The number of carbonyl (C=O) groups is 2. The fourth-order valence-corrected chi connectivity index (χ4v) is 1.45. The number of rotatable bonds is 8. The molecular weight excluding hydrogens is 268 g/mol. The van der Waals surface area contributed by atoms with Crippen LogP contribution in [0.25, 0.3) is 0 Å². The molecule has 0 aliphatic rings. The summed E-state index contributed by atoms with van der Waals surface area (Å²) in [5, 5.41) is -1.29. The third-order valence-corrected chi connectivity index (χ3v) is 2.72. The largest absolute Gasteiger partial charge is 0.464 e. The number of alkyl halides is 1. The van der Waals surface area contributed by atoms with Crippen LogP contribution in [0.2, 0.25) is 0 Å². The number of ketones is 1. The Hall–Kier alpha value is -1.39. The van der Waals surface area contributed by atoms with Crippen molar-refractivity contribution in [1.82, 2.24) is 0 Å². The molecule has 0 fully saturated rings. The maximum atomic E-state index is 11.6. The molecule has 0 N–H and O–H groups in total. The van der Waals surface area contributed by atoms with Gasteiger partial charge in [-0.3, -0.25) is 4.79 Å². The smallest absolute Gasteiger partial charge is 0.331 e. The lowest BCUT2D eigenvalue weighted by atomic mass is 10.2. The Morgan fingerprint density at radius 3 is 2.58 bits per heavy atom. The van der Waals surface area contributed by atoms with Crippen LogP contribution in [0.3, 0.4) is 0 Å². The number of benzene rings is 1. The molecule has 0 saturated heterocycles. The van der Waals surface area contributed by atoms with Crippen molar-refractivity contribution in [3.05, 3.63) is 35.9 Å². The minimum Gasteiger partial charge on any atom is -0.464 e. The molecule has 5 heteroatoms. The average Bonchev–Trinajstić information content (AvgIpc) is 2.44. The van der Waals surface area contributed by atoms with Crippen LogP contribution >= 0.6 is 11.6 Å². The molecule has 0 radical (unpaired) electrons. The zero-order chi connectivity index (χ0) is 14.1. The van der Waals surface area contributed by atoms with Gasteiger partial charge in [0.1, 0.15) is 6.61 Å². The Morgan fingerprint density at radius 1 is 1.26 bits per heavy atom. The third-order valence-electron chi connectivity index (χ3n) is 2.29. The number of hydrogen-bond acceptors (Lipinski definition) is 4. The summed E-state index contributed by atoms with van der Waals surface area (Å²) in [6, 6.07) is 9.43. The number of esters is 1. The van der Waals surface area contributed by atoms with Gasteiger partial charge in [-0.05, 0) is 12.0 Å². The van der Waals surface area contributed by atoms with Crippen LogP contribution in [0.1, 0.15) is 18.9 Å². The van der Waals surface area contributed by atoms with Gasteiger partial charge in [0.2, 0.25) is 0 Å². The van der Waals surface area contributed by atoms with Crippen molar-refractivity contribution in [2.75, 3.05) is 13.2 Å². The molecule has 0 aliphatic carbocycles. The summed E-state index contributed by atoms with van der Waals surface area (Å²) in [6.45, 7) is 2.23. The summed E-state index contributed by atoms with van der Waals surface area (Å²) in [5.41, 5.74) is 0.954. The van der Waals surface area contributed by atoms with Crippen molar-refractivity contribution < 1.29 is 19.1 Å². The Morgan fingerprint density at radius 2 is 1.95 bits per heavy atom. The minimum atomic E-state index is -1.29. The number of Topliss-reactive ketones (excluding diaryl/α,β-unsaturated/α-hetero) is 1. The summed E-state index contributed by atoms with van der Waals surface area (Å²) in [6.07, 6.45) is 0.689. The third kappa shape index (κ3) is 5.85. The van der Waals surface area contributed by atoms with E-state index in [1.807, 2.05) is 37.3 Å². The SMILES string of the molecule is CCCOC(=O)C(Cl)C(=O)COCc1ccccc1. The number of ether oxygens (including phenoxy) is 2. The van der Waals surface area contributed by atoms with Gasteiger partial charge < -0.3 is 9.47 Å². The van der Waals surface area contributed by atoms with Gasteiger partial charge in [-0.2, -0.15) is 0 Å². The van der Waals surface area contributed by atoms with Crippen LogP contribution in [0.15, 0.2) is 30.3 Å². The van der Waals surface area contributed by atoms with E-state index in [1.165, 1.54) is 0 Å². The number of carbonyl (C=O) groups excluding carboxylic acids is 2. The van der Waals surface area contributed by atoms with Gasteiger partial charge in [0.15, 0.2) is 11.2 Å². The van der Waals surface area contributed by atoms with Crippen molar-refractivity contribution in [2.24, 2.45) is 0 Å². The molecule has 104 valence electrons. The summed E-state index contributed by atoms with van der Waals surface area (Å²) in [5.74, 6) is -1.20. The first-order chi connectivity index (χ1) is 9.15. The van der Waals surface area contributed by atoms with Gasteiger partial charge in [-0.1, -0.05) is 37.3 Å². The van der Waals surface area contributed by atoms with E-state index in [4.69, 9.17) is 21.1 Å². The first-order valence-electron chi connectivity index (χ1n) is 6.10. The van der Waals surface area contributed by atoms with E-state index in [0.29, 0.717) is 13.0 Å². The highest BCUT2D eigenvalue weighted by Gasteiger charge is 2.25. The quantitative estimate of drug-likeness (QED) is 0.418. The molecule has 0 aromatic heterocycles. The molecule has 4 nitrogen and oxygen atoms in total. The predicted molar refractivity (Wildman–Crippen MR) is 72.0 cm³/mol. The van der Waals surface area contributed by atoms with E-state index in [9.17, 15) is 9.59 Å². The highest BCUT2D eigenvalue weighted by atomic mass is 35.5. The number of halogens is 1. The van der Waals surface area contributed by atoms with Crippen LogP contribution in [-0.4, -0.2) is 30.3 Å². The van der Waals surface area contributed by atoms with Crippen LogP contribution in [0.5, 0.6) is 0 Å². The standard InChI is InChI=1S/C14H17ClO4/c1-2-8-19-14(17)13(15)12(16)10-18-9-11-6-4-3-5-7-11/h3-7,13H,2,8-10H2,1H3. The molecule has 0 spiro atoms. The van der Waals surface area contributed by atoms with E-state index in [1.54, 1.807) is 0 Å². The van der Waals surface area contributed by atoms with Crippen molar-refractivity contribution in [3.8, 4) is 0 Å². The minimum absolute atomic E-state index is 0.204. The summed E-state index contributed by atoms with van der Waals surface area (Å²) < 4.78 is 10.0. The maximum absolute atomic E-state index is 11.6. The van der Waals surface area contributed by atoms with Gasteiger partial charge in [-0.25, -0.2) is 4.79 Å². The lowest BCUT2D eigenvalue weighted by Crippen LogP contribution is -2.30. The molecule has 19 heavy (non-hydrogen) atoms. The molecule has 0 heterocycles. The van der Waals surface area contributed by atoms with E-state index in [0.717, 1.165) is 5.56 Å². The lowest BCUT2D eigenvalue weighted by molar-refractivity contribution is -0.146. The summed E-state index contributed by atoms with van der Waals surface area (Å²) in [7, 11) is 0. The van der Waals surface area contributed by atoms with E-state index < -0.39 is 17.1 Å². The zero-order valence-corrected chi connectivity index (χ0v) is 11.6. The second-order valence-corrected chi connectivity index (χ2v) is 4.41. The van der Waals surface area contributed by atoms with Gasteiger partial charge in [-0.15, -0.1) is 11.6 Å². The molecule has 0 bridgehead atoms. The molecular formula is C14H17ClO4. The first-order valence-corrected chi connectivity index (χ1v) is 6.54. The van der Waals surface area contributed by atoms with Crippen molar-refractivity contribution in [3.63, 3.8) is 0 Å². The first kappa shape index (κ1) is 15.7. The summed E-state index contributed by atoms with van der Waals surface area (Å²) in [4.78, 5) is 22.9. The molecule has 0 saturated carbocycles. The van der Waals surface area contributed by atoms with E-state index in [2.05, 4.69) is 0 Å². The Bertz CT molecular complexity index is 405. The predicted octanol–water partition coefficient (Wildman–Crippen LogP) is 2.33. The van der Waals surface area contributed by atoms with Gasteiger partial charge >= 0.3 is 5.97 Å². The van der Waals surface area contributed by atoms with Crippen molar-refractivity contribution >= 4 is 23.4 Å². The normalized spacial score (nSPS) is 11.9. The second-order valence-electron chi connectivity index (χ2n) is 3.97. The van der Waals surface area contributed by atoms with Gasteiger partial charge in [0.05, 0.1) is 13.2 Å². The zero-order valence-electron chi connectivity index (χ0n) is 10.8. The average molecular weight is 285 g/mol. The topological polar surface area (TPSA) is 52.6 Å².